The van der Waals surface area contributed by atoms with E-state index in [0.717, 1.165) is 44.6 Å². The SMILES string of the molecule is O=C(NC1CC1)[C@@H](O)C1CCN(Cc2nc(C3CC3)no2)CC1. The fourth-order valence-corrected chi connectivity index (χ4v) is 3.19. The molecule has 23 heavy (non-hydrogen) atoms. The quantitative estimate of drug-likeness (QED) is 0.805. The number of aliphatic hydroxyl groups is 1. The molecular weight excluding hydrogens is 296 g/mol. The van der Waals surface area contributed by atoms with Gasteiger partial charge in [0, 0.05) is 12.0 Å². The summed E-state index contributed by atoms with van der Waals surface area (Å²) < 4.78 is 5.32. The van der Waals surface area contributed by atoms with Crippen molar-refractivity contribution < 1.29 is 14.4 Å². The second-order valence-electron chi connectivity index (χ2n) is 7.16. The number of hydrogen-bond acceptors (Lipinski definition) is 6. The summed E-state index contributed by atoms with van der Waals surface area (Å²) in [5.74, 6) is 1.89. The number of rotatable bonds is 6. The van der Waals surface area contributed by atoms with Crippen molar-refractivity contribution in [2.75, 3.05) is 13.1 Å². The molecule has 0 unspecified atom stereocenters. The highest BCUT2D eigenvalue weighted by molar-refractivity contribution is 5.81. The summed E-state index contributed by atoms with van der Waals surface area (Å²) in [5, 5.41) is 17.1. The van der Waals surface area contributed by atoms with Crippen LogP contribution in [0, 0.1) is 5.92 Å². The Morgan fingerprint density at radius 1 is 1.26 bits per heavy atom. The number of carbonyl (C=O) groups excluding carboxylic acids is 1. The lowest BCUT2D eigenvalue weighted by Crippen LogP contribution is -2.44. The Hall–Kier alpha value is -1.47. The molecular formula is C16H24N4O3. The van der Waals surface area contributed by atoms with Crippen molar-refractivity contribution >= 4 is 5.91 Å². The molecule has 1 amide bonds. The highest BCUT2D eigenvalue weighted by Gasteiger charge is 2.33. The molecule has 0 spiro atoms. The van der Waals surface area contributed by atoms with Crippen LogP contribution in [0.5, 0.6) is 0 Å². The fourth-order valence-electron chi connectivity index (χ4n) is 3.19. The van der Waals surface area contributed by atoms with E-state index in [1.54, 1.807) is 0 Å². The van der Waals surface area contributed by atoms with Gasteiger partial charge in [0.1, 0.15) is 6.10 Å². The van der Waals surface area contributed by atoms with Crippen molar-refractivity contribution in [3.63, 3.8) is 0 Å². The lowest BCUT2D eigenvalue weighted by atomic mass is 9.90. The van der Waals surface area contributed by atoms with Gasteiger partial charge in [0.2, 0.25) is 11.8 Å². The van der Waals surface area contributed by atoms with E-state index >= 15 is 0 Å². The van der Waals surface area contributed by atoms with Crippen LogP contribution >= 0.6 is 0 Å². The molecule has 0 aromatic carbocycles. The predicted octanol–water partition coefficient (Wildman–Crippen LogP) is 0.798. The molecule has 2 saturated carbocycles. The van der Waals surface area contributed by atoms with Crippen LogP contribution in [-0.4, -0.2) is 51.3 Å². The van der Waals surface area contributed by atoms with Crippen LogP contribution in [0.2, 0.25) is 0 Å². The Morgan fingerprint density at radius 3 is 2.65 bits per heavy atom. The van der Waals surface area contributed by atoms with Gasteiger partial charge in [0.25, 0.3) is 0 Å². The maximum Gasteiger partial charge on any atom is 0.249 e. The van der Waals surface area contributed by atoms with Gasteiger partial charge in [-0.1, -0.05) is 5.16 Å². The van der Waals surface area contributed by atoms with Crippen LogP contribution in [-0.2, 0) is 11.3 Å². The van der Waals surface area contributed by atoms with Crippen molar-refractivity contribution in [2.24, 2.45) is 5.92 Å². The van der Waals surface area contributed by atoms with E-state index in [-0.39, 0.29) is 11.8 Å². The predicted molar refractivity (Wildman–Crippen MR) is 81.4 cm³/mol. The average molecular weight is 320 g/mol. The van der Waals surface area contributed by atoms with Crippen molar-refractivity contribution in [1.29, 1.82) is 0 Å². The second-order valence-corrected chi connectivity index (χ2v) is 7.16. The molecule has 2 N–H and O–H groups in total. The third-order valence-corrected chi connectivity index (χ3v) is 5.06. The topological polar surface area (TPSA) is 91.5 Å². The summed E-state index contributed by atoms with van der Waals surface area (Å²) >= 11 is 0. The molecule has 7 nitrogen and oxygen atoms in total. The first kappa shape index (κ1) is 15.1. The number of amides is 1. The first-order valence-electron chi connectivity index (χ1n) is 8.72. The van der Waals surface area contributed by atoms with Gasteiger partial charge in [-0.25, -0.2) is 0 Å². The molecule has 2 heterocycles. The maximum absolute atomic E-state index is 11.9. The van der Waals surface area contributed by atoms with Gasteiger partial charge >= 0.3 is 0 Å². The Balaban J connectivity index is 1.24. The van der Waals surface area contributed by atoms with E-state index in [1.165, 1.54) is 12.8 Å². The zero-order valence-corrected chi connectivity index (χ0v) is 13.3. The molecule has 0 radical (unpaired) electrons. The lowest BCUT2D eigenvalue weighted by Gasteiger charge is -2.32. The third-order valence-electron chi connectivity index (χ3n) is 5.06. The van der Waals surface area contributed by atoms with Crippen LogP contribution in [0.4, 0.5) is 0 Å². The third kappa shape index (κ3) is 3.72. The Bertz CT molecular complexity index is 559. The molecule has 3 aliphatic rings. The normalized spacial score (nSPS) is 24.6. The minimum Gasteiger partial charge on any atom is -0.383 e. The van der Waals surface area contributed by atoms with Gasteiger partial charge in [0.05, 0.1) is 6.54 Å². The number of hydrogen-bond donors (Lipinski definition) is 2. The number of nitrogens with zero attached hydrogens (tertiary/aromatic N) is 3. The Labute approximate surface area is 135 Å². The van der Waals surface area contributed by atoms with Crippen LogP contribution in [0.3, 0.4) is 0 Å². The van der Waals surface area contributed by atoms with E-state index in [0.29, 0.717) is 24.4 Å². The average Bonchev–Trinajstić information content (AvgIpc) is 3.49. The van der Waals surface area contributed by atoms with E-state index in [9.17, 15) is 9.90 Å². The van der Waals surface area contributed by atoms with Crippen molar-refractivity contribution in [3.8, 4) is 0 Å². The summed E-state index contributed by atoms with van der Waals surface area (Å²) in [4.78, 5) is 18.6. The number of nitrogens with one attached hydrogen (secondary N) is 1. The molecule has 1 aliphatic heterocycles. The van der Waals surface area contributed by atoms with E-state index in [2.05, 4.69) is 20.4 Å². The van der Waals surface area contributed by atoms with E-state index in [4.69, 9.17) is 4.52 Å². The molecule has 3 fully saturated rings. The van der Waals surface area contributed by atoms with Crippen LogP contribution < -0.4 is 5.32 Å². The number of piperidine rings is 1. The smallest absolute Gasteiger partial charge is 0.249 e. The molecule has 126 valence electrons. The second kappa shape index (κ2) is 6.20. The lowest BCUT2D eigenvalue weighted by molar-refractivity contribution is -0.133. The summed E-state index contributed by atoms with van der Waals surface area (Å²) in [6.45, 7) is 2.36. The van der Waals surface area contributed by atoms with Crippen LogP contribution in [0.1, 0.15) is 56.2 Å². The first-order valence-corrected chi connectivity index (χ1v) is 8.72. The summed E-state index contributed by atoms with van der Waals surface area (Å²) in [6, 6.07) is 0.301. The van der Waals surface area contributed by atoms with Crippen molar-refractivity contribution in [1.82, 2.24) is 20.4 Å². The van der Waals surface area contributed by atoms with Crippen LogP contribution in [0.15, 0.2) is 4.52 Å². The summed E-state index contributed by atoms with van der Waals surface area (Å²) in [7, 11) is 0. The zero-order chi connectivity index (χ0) is 15.8. The molecule has 0 bridgehead atoms. The van der Waals surface area contributed by atoms with Gasteiger partial charge < -0.3 is 14.9 Å². The molecule has 2 aliphatic carbocycles. The molecule has 1 aromatic rings. The minimum absolute atomic E-state index is 0.0507. The molecule has 4 rings (SSSR count). The van der Waals surface area contributed by atoms with E-state index < -0.39 is 6.10 Å². The fraction of sp³-hybridized carbons (Fsp3) is 0.812. The molecule has 1 aromatic heterocycles. The van der Waals surface area contributed by atoms with E-state index in [1.807, 2.05) is 0 Å². The maximum atomic E-state index is 11.9. The molecule has 1 atom stereocenters. The van der Waals surface area contributed by atoms with Gasteiger partial charge in [-0.2, -0.15) is 4.98 Å². The van der Waals surface area contributed by atoms with Gasteiger partial charge in [-0.15, -0.1) is 0 Å². The largest absolute Gasteiger partial charge is 0.383 e. The standard InChI is InChI=1S/C16H24N4O3/c21-14(16(22)17-12-3-4-12)10-5-7-20(8-6-10)9-13-18-15(19-23-13)11-1-2-11/h10-12,14,21H,1-9H2,(H,17,22)/t14-/m0/s1. The molecule has 7 heteroatoms. The number of aromatic nitrogens is 2. The minimum atomic E-state index is -0.873. The molecule has 1 saturated heterocycles. The van der Waals surface area contributed by atoms with Crippen molar-refractivity contribution in [2.45, 2.75) is 63.1 Å². The van der Waals surface area contributed by atoms with Gasteiger partial charge in [-0.3, -0.25) is 9.69 Å². The Kier molecular flexibility index (Phi) is 4.07. The highest BCUT2D eigenvalue weighted by atomic mass is 16.5. The first-order chi connectivity index (χ1) is 11.2. The van der Waals surface area contributed by atoms with Gasteiger partial charge in [-0.05, 0) is 57.5 Å². The highest BCUT2D eigenvalue weighted by Crippen LogP contribution is 2.38. The number of aliphatic hydroxyl groups excluding tert-OH is 1. The summed E-state index contributed by atoms with van der Waals surface area (Å²) in [6.07, 6.45) is 5.21. The van der Waals surface area contributed by atoms with Gasteiger partial charge in [0.15, 0.2) is 5.82 Å². The zero-order valence-electron chi connectivity index (χ0n) is 13.3. The number of likely N-dealkylation sites (tertiary alicyclic amines) is 1. The van der Waals surface area contributed by atoms with Crippen LogP contribution in [0.25, 0.3) is 0 Å². The van der Waals surface area contributed by atoms with Crippen molar-refractivity contribution in [3.05, 3.63) is 11.7 Å². The Morgan fingerprint density at radius 2 is 2.00 bits per heavy atom. The summed E-state index contributed by atoms with van der Waals surface area (Å²) in [5.41, 5.74) is 0. The monoisotopic (exact) mass is 320 g/mol. The number of carbonyl (C=O) groups is 1.